The van der Waals surface area contributed by atoms with Gasteiger partial charge < -0.3 is 10.1 Å². The SMILES string of the molecule is CC1CC(Nc2c(Cl)cc(Br)cc2Cl)CCO1. The lowest BCUT2D eigenvalue weighted by Gasteiger charge is -2.29. The summed E-state index contributed by atoms with van der Waals surface area (Å²) in [5.74, 6) is 0. The second kappa shape index (κ2) is 5.79. The Bertz CT molecular complexity index is 390. The van der Waals surface area contributed by atoms with Gasteiger partial charge >= 0.3 is 0 Å². The fraction of sp³-hybridized carbons (Fsp3) is 0.500. The minimum absolute atomic E-state index is 0.286. The Balaban J connectivity index is 2.12. The van der Waals surface area contributed by atoms with E-state index in [2.05, 4.69) is 28.2 Å². The molecule has 1 heterocycles. The summed E-state index contributed by atoms with van der Waals surface area (Å²) in [4.78, 5) is 0. The molecule has 17 heavy (non-hydrogen) atoms. The van der Waals surface area contributed by atoms with Crippen LogP contribution in [0.2, 0.25) is 10.0 Å². The first-order chi connectivity index (χ1) is 8.06. The molecule has 1 aliphatic heterocycles. The van der Waals surface area contributed by atoms with Gasteiger partial charge in [0.15, 0.2) is 0 Å². The summed E-state index contributed by atoms with van der Waals surface area (Å²) in [6.45, 7) is 2.86. The van der Waals surface area contributed by atoms with Crippen molar-refractivity contribution in [2.24, 2.45) is 0 Å². The lowest BCUT2D eigenvalue weighted by atomic mass is 10.0. The number of halogens is 3. The van der Waals surface area contributed by atoms with Crippen molar-refractivity contribution in [3.63, 3.8) is 0 Å². The van der Waals surface area contributed by atoms with Gasteiger partial charge in [0.05, 0.1) is 21.8 Å². The van der Waals surface area contributed by atoms with E-state index in [4.69, 9.17) is 27.9 Å². The van der Waals surface area contributed by atoms with E-state index in [1.165, 1.54) is 0 Å². The zero-order valence-corrected chi connectivity index (χ0v) is 12.6. The summed E-state index contributed by atoms with van der Waals surface area (Å²) in [5, 5.41) is 4.69. The highest BCUT2D eigenvalue weighted by Gasteiger charge is 2.20. The number of benzene rings is 1. The Labute approximate surface area is 120 Å². The van der Waals surface area contributed by atoms with Crippen molar-refractivity contribution in [1.82, 2.24) is 0 Å². The molecule has 1 aliphatic rings. The number of anilines is 1. The van der Waals surface area contributed by atoms with Gasteiger partial charge in [-0.05, 0) is 31.9 Å². The highest BCUT2D eigenvalue weighted by atomic mass is 79.9. The van der Waals surface area contributed by atoms with Gasteiger partial charge in [0.1, 0.15) is 0 Å². The second-order valence-electron chi connectivity index (χ2n) is 4.29. The molecule has 1 saturated heterocycles. The summed E-state index contributed by atoms with van der Waals surface area (Å²) >= 11 is 15.7. The van der Waals surface area contributed by atoms with Crippen molar-refractivity contribution < 1.29 is 4.74 Å². The van der Waals surface area contributed by atoms with Crippen LogP contribution >= 0.6 is 39.1 Å². The van der Waals surface area contributed by atoms with Crippen LogP contribution in [0, 0.1) is 0 Å². The maximum atomic E-state index is 6.18. The predicted octanol–water partition coefficient (Wildman–Crippen LogP) is 4.74. The third-order valence-corrected chi connectivity index (χ3v) is 3.89. The maximum Gasteiger partial charge on any atom is 0.0721 e. The van der Waals surface area contributed by atoms with E-state index in [-0.39, 0.29) is 6.10 Å². The van der Waals surface area contributed by atoms with E-state index >= 15 is 0 Å². The first kappa shape index (κ1) is 13.5. The van der Waals surface area contributed by atoms with Gasteiger partial charge in [-0.2, -0.15) is 0 Å². The zero-order chi connectivity index (χ0) is 12.4. The lowest BCUT2D eigenvalue weighted by Crippen LogP contribution is -2.32. The van der Waals surface area contributed by atoms with Gasteiger partial charge in [-0.1, -0.05) is 39.1 Å². The molecule has 0 amide bonds. The molecule has 94 valence electrons. The number of hydrogen-bond donors (Lipinski definition) is 1. The van der Waals surface area contributed by atoms with E-state index in [1.54, 1.807) is 0 Å². The van der Waals surface area contributed by atoms with Crippen molar-refractivity contribution in [2.75, 3.05) is 11.9 Å². The Hall–Kier alpha value is 0.0400. The molecule has 0 bridgehead atoms. The van der Waals surface area contributed by atoms with Crippen LogP contribution in [-0.2, 0) is 4.74 Å². The summed E-state index contributed by atoms with van der Waals surface area (Å²) < 4.78 is 6.40. The largest absolute Gasteiger partial charge is 0.380 e. The molecular formula is C12H14BrCl2NO. The van der Waals surface area contributed by atoms with Crippen molar-refractivity contribution in [3.8, 4) is 0 Å². The molecule has 1 fully saturated rings. The molecule has 0 aliphatic carbocycles. The summed E-state index contributed by atoms with van der Waals surface area (Å²) in [5.41, 5.74) is 0.815. The van der Waals surface area contributed by atoms with Crippen molar-refractivity contribution >= 4 is 44.8 Å². The normalized spacial score (nSPS) is 24.7. The number of rotatable bonds is 2. The summed E-state index contributed by atoms with van der Waals surface area (Å²) in [7, 11) is 0. The zero-order valence-electron chi connectivity index (χ0n) is 9.47. The smallest absolute Gasteiger partial charge is 0.0721 e. The van der Waals surface area contributed by atoms with Crippen LogP contribution in [0.3, 0.4) is 0 Å². The molecule has 2 unspecified atom stereocenters. The first-order valence-electron chi connectivity index (χ1n) is 5.59. The topological polar surface area (TPSA) is 21.3 Å². The standard InChI is InChI=1S/C12H14BrCl2NO/c1-7-4-9(2-3-17-7)16-12-10(14)5-8(13)6-11(12)15/h5-7,9,16H,2-4H2,1H3. The highest BCUT2D eigenvalue weighted by molar-refractivity contribution is 9.10. The van der Waals surface area contributed by atoms with Crippen LogP contribution in [0.4, 0.5) is 5.69 Å². The maximum absolute atomic E-state index is 6.18. The van der Waals surface area contributed by atoms with E-state index in [1.807, 2.05) is 12.1 Å². The average Bonchev–Trinajstić information content (AvgIpc) is 2.23. The summed E-state index contributed by atoms with van der Waals surface area (Å²) in [6, 6.07) is 4.06. The second-order valence-corrected chi connectivity index (χ2v) is 6.02. The third-order valence-electron chi connectivity index (χ3n) is 2.84. The van der Waals surface area contributed by atoms with Gasteiger partial charge in [0.25, 0.3) is 0 Å². The molecule has 0 saturated carbocycles. The third kappa shape index (κ3) is 3.50. The monoisotopic (exact) mass is 337 g/mol. The molecule has 1 aromatic carbocycles. The minimum atomic E-state index is 0.286. The molecule has 2 rings (SSSR count). The molecule has 1 aromatic rings. The molecule has 5 heteroatoms. The van der Waals surface area contributed by atoms with E-state index in [0.29, 0.717) is 16.1 Å². The Morgan fingerprint density at radius 3 is 2.59 bits per heavy atom. The predicted molar refractivity (Wildman–Crippen MR) is 76.2 cm³/mol. The van der Waals surface area contributed by atoms with Crippen LogP contribution in [-0.4, -0.2) is 18.8 Å². The van der Waals surface area contributed by atoms with E-state index < -0.39 is 0 Å². The molecular weight excluding hydrogens is 325 g/mol. The van der Waals surface area contributed by atoms with E-state index in [0.717, 1.165) is 29.6 Å². The van der Waals surface area contributed by atoms with Crippen molar-refractivity contribution in [2.45, 2.75) is 31.9 Å². The minimum Gasteiger partial charge on any atom is -0.380 e. The van der Waals surface area contributed by atoms with Gasteiger partial charge in [0.2, 0.25) is 0 Å². The molecule has 0 radical (unpaired) electrons. The van der Waals surface area contributed by atoms with Gasteiger partial charge in [0, 0.05) is 17.1 Å². The first-order valence-corrected chi connectivity index (χ1v) is 7.14. The molecule has 1 N–H and O–H groups in total. The molecule has 0 aromatic heterocycles. The van der Waals surface area contributed by atoms with Crippen LogP contribution in [0.25, 0.3) is 0 Å². The van der Waals surface area contributed by atoms with Crippen LogP contribution in [0.1, 0.15) is 19.8 Å². The molecule has 2 nitrogen and oxygen atoms in total. The lowest BCUT2D eigenvalue weighted by molar-refractivity contribution is 0.0232. The van der Waals surface area contributed by atoms with Gasteiger partial charge in [-0.3, -0.25) is 0 Å². The fourth-order valence-corrected chi connectivity index (χ4v) is 3.33. The van der Waals surface area contributed by atoms with Gasteiger partial charge in [-0.25, -0.2) is 0 Å². The van der Waals surface area contributed by atoms with Crippen LogP contribution in [0.15, 0.2) is 16.6 Å². The molecule has 2 atom stereocenters. The van der Waals surface area contributed by atoms with E-state index in [9.17, 15) is 0 Å². The number of hydrogen-bond acceptors (Lipinski definition) is 2. The number of nitrogens with one attached hydrogen (secondary N) is 1. The molecule has 0 spiro atoms. The van der Waals surface area contributed by atoms with Crippen LogP contribution in [0.5, 0.6) is 0 Å². The Kier molecular flexibility index (Phi) is 4.59. The fourth-order valence-electron chi connectivity index (χ4n) is 2.01. The highest BCUT2D eigenvalue weighted by Crippen LogP contribution is 2.35. The summed E-state index contributed by atoms with van der Waals surface area (Å²) in [6.07, 6.45) is 2.24. The Morgan fingerprint density at radius 1 is 1.35 bits per heavy atom. The van der Waals surface area contributed by atoms with Crippen molar-refractivity contribution in [1.29, 1.82) is 0 Å². The van der Waals surface area contributed by atoms with Crippen LogP contribution < -0.4 is 5.32 Å². The average molecular weight is 339 g/mol. The van der Waals surface area contributed by atoms with Crippen molar-refractivity contribution in [3.05, 3.63) is 26.7 Å². The number of ether oxygens (including phenoxy) is 1. The Morgan fingerprint density at radius 2 is 2.00 bits per heavy atom. The van der Waals surface area contributed by atoms with Gasteiger partial charge in [-0.15, -0.1) is 0 Å². The quantitative estimate of drug-likeness (QED) is 0.841.